The SMILES string of the molecule is CC(N)c1cccnc1Oc1cc([N+](=O)[O-])ccc1Br. The second-order valence-corrected chi connectivity index (χ2v) is 5.01. The van der Waals surface area contributed by atoms with Crippen molar-refractivity contribution < 1.29 is 9.66 Å². The van der Waals surface area contributed by atoms with Crippen molar-refractivity contribution in [2.45, 2.75) is 13.0 Å². The van der Waals surface area contributed by atoms with Gasteiger partial charge in [0.1, 0.15) is 0 Å². The maximum absolute atomic E-state index is 10.8. The van der Waals surface area contributed by atoms with Crippen molar-refractivity contribution in [2.75, 3.05) is 0 Å². The molecule has 6 nitrogen and oxygen atoms in total. The van der Waals surface area contributed by atoms with E-state index in [4.69, 9.17) is 10.5 Å². The van der Waals surface area contributed by atoms with Crippen molar-refractivity contribution in [2.24, 2.45) is 5.73 Å². The van der Waals surface area contributed by atoms with Crippen LogP contribution in [-0.2, 0) is 0 Å². The van der Waals surface area contributed by atoms with E-state index in [2.05, 4.69) is 20.9 Å². The highest BCUT2D eigenvalue weighted by Gasteiger charge is 2.14. The van der Waals surface area contributed by atoms with Crippen LogP contribution in [0, 0.1) is 10.1 Å². The fourth-order valence-corrected chi connectivity index (χ4v) is 1.95. The summed E-state index contributed by atoms with van der Waals surface area (Å²) in [5.41, 5.74) is 6.52. The van der Waals surface area contributed by atoms with Gasteiger partial charge in [-0.15, -0.1) is 0 Å². The molecule has 0 aliphatic rings. The molecule has 0 aliphatic carbocycles. The Morgan fingerprint density at radius 3 is 2.85 bits per heavy atom. The molecular formula is C13H12BrN3O3. The van der Waals surface area contributed by atoms with Crippen LogP contribution in [0.3, 0.4) is 0 Å². The summed E-state index contributed by atoms with van der Waals surface area (Å²) in [5, 5.41) is 10.8. The number of non-ortho nitro benzene ring substituents is 1. The van der Waals surface area contributed by atoms with Crippen molar-refractivity contribution in [3.8, 4) is 11.6 Å². The molecule has 1 aromatic carbocycles. The highest BCUT2D eigenvalue weighted by molar-refractivity contribution is 9.10. The zero-order valence-corrected chi connectivity index (χ0v) is 12.2. The van der Waals surface area contributed by atoms with Crippen molar-refractivity contribution in [1.29, 1.82) is 0 Å². The molecule has 1 heterocycles. The van der Waals surface area contributed by atoms with E-state index >= 15 is 0 Å². The first-order valence-electron chi connectivity index (χ1n) is 5.81. The fourth-order valence-electron chi connectivity index (χ4n) is 1.62. The molecule has 1 unspecified atom stereocenters. The summed E-state index contributed by atoms with van der Waals surface area (Å²) in [6, 6.07) is 7.59. The molecule has 0 radical (unpaired) electrons. The first-order chi connectivity index (χ1) is 9.49. The standard InChI is InChI=1S/C13H12BrN3O3/c1-8(15)10-3-2-6-16-13(10)20-12-7-9(17(18)19)4-5-11(12)14/h2-8H,15H2,1H3. The maximum Gasteiger partial charge on any atom is 0.273 e. The summed E-state index contributed by atoms with van der Waals surface area (Å²) < 4.78 is 6.25. The summed E-state index contributed by atoms with van der Waals surface area (Å²) in [5.74, 6) is 0.656. The summed E-state index contributed by atoms with van der Waals surface area (Å²) in [4.78, 5) is 14.4. The Bertz CT molecular complexity index is 647. The van der Waals surface area contributed by atoms with Crippen molar-refractivity contribution in [3.05, 3.63) is 56.7 Å². The summed E-state index contributed by atoms with van der Waals surface area (Å²) in [6.07, 6.45) is 1.58. The number of nitrogens with zero attached hydrogens (tertiary/aromatic N) is 2. The van der Waals surface area contributed by atoms with Gasteiger partial charge >= 0.3 is 0 Å². The molecule has 0 saturated carbocycles. The van der Waals surface area contributed by atoms with E-state index in [1.807, 2.05) is 6.92 Å². The number of aromatic nitrogens is 1. The number of ether oxygens (including phenoxy) is 1. The van der Waals surface area contributed by atoms with E-state index in [9.17, 15) is 10.1 Å². The average Bonchev–Trinajstić information content (AvgIpc) is 2.41. The molecule has 2 rings (SSSR count). The molecule has 104 valence electrons. The van der Waals surface area contributed by atoms with E-state index in [1.165, 1.54) is 12.1 Å². The Labute approximate surface area is 123 Å². The van der Waals surface area contributed by atoms with Gasteiger partial charge < -0.3 is 10.5 Å². The predicted molar refractivity (Wildman–Crippen MR) is 77.7 cm³/mol. The molecule has 0 saturated heterocycles. The minimum atomic E-state index is -0.482. The zero-order chi connectivity index (χ0) is 14.7. The minimum absolute atomic E-state index is 0.0542. The molecule has 1 atom stereocenters. The van der Waals surface area contributed by atoms with Gasteiger partial charge in [-0.3, -0.25) is 10.1 Å². The molecule has 0 aliphatic heterocycles. The smallest absolute Gasteiger partial charge is 0.273 e. The number of halogens is 1. The van der Waals surface area contributed by atoms with Crippen LogP contribution < -0.4 is 10.5 Å². The molecule has 0 bridgehead atoms. The average molecular weight is 338 g/mol. The maximum atomic E-state index is 10.8. The van der Waals surface area contributed by atoms with E-state index in [-0.39, 0.29) is 11.7 Å². The Kier molecular flexibility index (Phi) is 4.31. The lowest BCUT2D eigenvalue weighted by Gasteiger charge is -2.12. The number of hydrogen-bond donors (Lipinski definition) is 1. The van der Waals surface area contributed by atoms with Gasteiger partial charge in [0.05, 0.1) is 15.5 Å². The van der Waals surface area contributed by atoms with Gasteiger partial charge in [0.15, 0.2) is 5.75 Å². The Hall–Kier alpha value is -1.99. The number of nitro benzene ring substituents is 1. The van der Waals surface area contributed by atoms with Gasteiger partial charge in [0.25, 0.3) is 5.69 Å². The van der Waals surface area contributed by atoms with Crippen molar-refractivity contribution in [1.82, 2.24) is 4.98 Å². The Balaban J connectivity index is 2.40. The lowest BCUT2D eigenvalue weighted by atomic mass is 10.1. The van der Waals surface area contributed by atoms with Gasteiger partial charge in [0, 0.05) is 23.9 Å². The summed E-state index contributed by atoms with van der Waals surface area (Å²) in [7, 11) is 0. The number of rotatable bonds is 4. The summed E-state index contributed by atoms with van der Waals surface area (Å²) in [6.45, 7) is 1.81. The lowest BCUT2D eigenvalue weighted by Crippen LogP contribution is -2.07. The van der Waals surface area contributed by atoms with Gasteiger partial charge in [-0.05, 0) is 35.0 Å². The second kappa shape index (κ2) is 5.98. The zero-order valence-electron chi connectivity index (χ0n) is 10.6. The molecular weight excluding hydrogens is 326 g/mol. The quantitative estimate of drug-likeness (QED) is 0.680. The molecule has 20 heavy (non-hydrogen) atoms. The van der Waals surface area contributed by atoms with E-state index in [0.717, 1.165) is 5.56 Å². The predicted octanol–water partition coefficient (Wildman–Crippen LogP) is 3.56. The van der Waals surface area contributed by atoms with E-state index in [0.29, 0.717) is 16.1 Å². The van der Waals surface area contributed by atoms with Crippen LogP contribution in [0.4, 0.5) is 5.69 Å². The van der Waals surface area contributed by atoms with E-state index < -0.39 is 4.92 Å². The molecule has 0 spiro atoms. The first kappa shape index (κ1) is 14.4. The lowest BCUT2D eigenvalue weighted by molar-refractivity contribution is -0.384. The number of pyridine rings is 1. The normalized spacial score (nSPS) is 11.9. The minimum Gasteiger partial charge on any atom is -0.437 e. The molecule has 0 amide bonds. The van der Waals surface area contributed by atoms with Crippen LogP contribution in [0.5, 0.6) is 11.6 Å². The molecule has 1 aromatic heterocycles. The van der Waals surface area contributed by atoms with Gasteiger partial charge in [-0.2, -0.15) is 0 Å². The molecule has 7 heteroatoms. The van der Waals surface area contributed by atoms with Crippen molar-refractivity contribution in [3.63, 3.8) is 0 Å². The fraction of sp³-hybridized carbons (Fsp3) is 0.154. The van der Waals surface area contributed by atoms with E-state index in [1.54, 1.807) is 24.4 Å². The topological polar surface area (TPSA) is 91.3 Å². The number of benzene rings is 1. The molecule has 2 aromatic rings. The third kappa shape index (κ3) is 3.12. The van der Waals surface area contributed by atoms with Crippen LogP contribution in [0.25, 0.3) is 0 Å². The number of nitrogens with two attached hydrogens (primary N) is 1. The van der Waals surface area contributed by atoms with Gasteiger partial charge in [-0.25, -0.2) is 4.98 Å². The monoisotopic (exact) mass is 337 g/mol. The van der Waals surface area contributed by atoms with Gasteiger partial charge in [0.2, 0.25) is 5.88 Å². The third-order valence-electron chi connectivity index (χ3n) is 2.62. The van der Waals surface area contributed by atoms with Crippen molar-refractivity contribution >= 4 is 21.6 Å². The number of nitro groups is 1. The van der Waals surface area contributed by atoms with Crippen LogP contribution in [0.2, 0.25) is 0 Å². The second-order valence-electron chi connectivity index (χ2n) is 4.16. The first-order valence-corrected chi connectivity index (χ1v) is 6.60. The third-order valence-corrected chi connectivity index (χ3v) is 3.28. The van der Waals surface area contributed by atoms with Crippen LogP contribution in [0.1, 0.15) is 18.5 Å². The Morgan fingerprint density at radius 1 is 1.45 bits per heavy atom. The van der Waals surface area contributed by atoms with Crippen LogP contribution in [0.15, 0.2) is 41.0 Å². The highest BCUT2D eigenvalue weighted by atomic mass is 79.9. The van der Waals surface area contributed by atoms with Gasteiger partial charge in [-0.1, -0.05) is 6.07 Å². The summed E-state index contributed by atoms with van der Waals surface area (Å²) >= 11 is 3.29. The highest BCUT2D eigenvalue weighted by Crippen LogP contribution is 2.34. The number of hydrogen-bond acceptors (Lipinski definition) is 5. The molecule has 2 N–H and O–H groups in total. The molecule has 0 fully saturated rings. The van der Waals surface area contributed by atoms with Crippen LogP contribution in [-0.4, -0.2) is 9.91 Å². The Morgan fingerprint density at radius 2 is 2.20 bits per heavy atom. The largest absolute Gasteiger partial charge is 0.437 e. The van der Waals surface area contributed by atoms with Crippen LogP contribution >= 0.6 is 15.9 Å².